The summed E-state index contributed by atoms with van der Waals surface area (Å²) < 4.78 is 0. The highest BCUT2D eigenvalue weighted by molar-refractivity contribution is 5.92. The molecular weight excluding hydrogens is 310 g/mol. The van der Waals surface area contributed by atoms with E-state index in [1.54, 1.807) is 12.1 Å². The van der Waals surface area contributed by atoms with E-state index in [0.29, 0.717) is 11.5 Å². The van der Waals surface area contributed by atoms with Gasteiger partial charge < -0.3 is 11.5 Å². The summed E-state index contributed by atoms with van der Waals surface area (Å²) in [5, 5.41) is 0. The molecule has 1 aliphatic rings. The van der Waals surface area contributed by atoms with E-state index in [9.17, 15) is 4.79 Å². The number of hydrogen-bond acceptors (Lipinski definition) is 3. The molecular formula is C18H22ClN3O. The monoisotopic (exact) mass is 331 g/mol. The van der Waals surface area contributed by atoms with Crippen molar-refractivity contribution >= 4 is 18.3 Å². The van der Waals surface area contributed by atoms with Crippen LogP contribution in [0.25, 0.3) is 0 Å². The van der Waals surface area contributed by atoms with E-state index in [2.05, 4.69) is 29.2 Å². The molecule has 4 N–H and O–H groups in total. The number of nitrogens with zero attached hydrogens (tertiary/aromatic N) is 1. The Kier molecular flexibility index (Phi) is 5.77. The summed E-state index contributed by atoms with van der Waals surface area (Å²) in [5.41, 5.74) is 14.6. The van der Waals surface area contributed by atoms with Gasteiger partial charge in [0.15, 0.2) is 0 Å². The standard InChI is InChI=1S/C18H21N3O.ClH/c19-17-12-21(11-16(17)14-4-2-1-3-5-14)10-13-6-8-15(9-7-13)18(20)22;/h1-9,16-17H,10-12,19H2,(H2,20,22);1H/t16-,17+;/m0./s1. The highest BCUT2D eigenvalue weighted by Gasteiger charge is 2.30. The molecule has 2 aromatic rings. The lowest BCUT2D eigenvalue weighted by atomic mass is 9.95. The van der Waals surface area contributed by atoms with Gasteiger partial charge in [0.05, 0.1) is 0 Å². The zero-order valence-electron chi connectivity index (χ0n) is 12.9. The van der Waals surface area contributed by atoms with Crippen LogP contribution in [0, 0.1) is 0 Å². The number of halogens is 1. The average molecular weight is 332 g/mol. The molecule has 1 aliphatic heterocycles. The van der Waals surface area contributed by atoms with Crippen molar-refractivity contribution in [3.8, 4) is 0 Å². The number of carbonyl (C=O) groups is 1. The lowest BCUT2D eigenvalue weighted by Crippen LogP contribution is -2.28. The molecule has 1 fully saturated rings. The Morgan fingerprint density at radius 1 is 1.04 bits per heavy atom. The van der Waals surface area contributed by atoms with Crippen LogP contribution in [0.4, 0.5) is 0 Å². The van der Waals surface area contributed by atoms with Crippen molar-refractivity contribution in [1.29, 1.82) is 0 Å². The third kappa shape index (κ3) is 4.10. The fourth-order valence-corrected chi connectivity index (χ4v) is 3.13. The molecule has 4 nitrogen and oxygen atoms in total. The molecule has 0 unspecified atom stereocenters. The summed E-state index contributed by atoms with van der Waals surface area (Å²) in [6.45, 7) is 2.69. The van der Waals surface area contributed by atoms with Crippen LogP contribution in [0.1, 0.15) is 27.4 Å². The van der Waals surface area contributed by atoms with Crippen LogP contribution >= 0.6 is 12.4 Å². The SMILES string of the molecule is Cl.NC(=O)c1ccc(CN2C[C@@H](N)[C@H](c3ccccc3)C2)cc1. The number of benzene rings is 2. The van der Waals surface area contributed by atoms with E-state index < -0.39 is 0 Å². The first-order chi connectivity index (χ1) is 10.6. The normalized spacial score (nSPS) is 20.9. The molecule has 5 heteroatoms. The lowest BCUT2D eigenvalue weighted by molar-refractivity contribution is 0.100. The van der Waals surface area contributed by atoms with Gasteiger partial charge in [-0.1, -0.05) is 42.5 Å². The topological polar surface area (TPSA) is 72.4 Å². The van der Waals surface area contributed by atoms with Crippen molar-refractivity contribution in [2.24, 2.45) is 11.5 Å². The second kappa shape index (κ2) is 7.59. The Morgan fingerprint density at radius 3 is 2.30 bits per heavy atom. The van der Waals surface area contributed by atoms with Crippen molar-refractivity contribution in [1.82, 2.24) is 4.90 Å². The van der Waals surface area contributed by atoms with Crippen LogP contribution < -0.4 is 11.5 Å². The fraction of sp³-hybridized carbons (Fsp3) is 0.278. The molecule has 122 valence electrons. The summed E-state index contributed by atoms with van der Waals surface area (Å²) in [6, 6.07) is 18.1. The van der Waals surface area contributed by atoms with Crippen LogP contribution in [0.15, 0.2) is 54.6 Å². The molecule has 0 spiro atoms. The zero-order chi connectivity index (χ0) is 15.5. The molecule has 23 heavy (non-hydrogen) atoms. The number of likely N-dealkylation sites (tertiary alicyclic amines) is 1. The number of hydrogen-bond donors (Lipinski definition) is 2. The summed E-state index contributed by atoms with van der Waals surface area (Å²) in [4.78, 5) is 13.5. The van der Waals surface area contributed by atoms with Gasteiger partial charge in [0.25, 0.3) is 0 Å². The Balaban J connectivity index is 0.00000192. The van der Waals surface area contributed by atoms with Crippen molar-refractivity contribution in [2.75, 3.05) is 13.1 Å². The van der Waals surface area contributed by atoms with E-state index in [-0.39, 0.29) is 24.4 Å². The molecule has 0 bridgehead atoms. The third-order valence-electron chi connectivity index (χ3n) is 4.31. The van der Waals surface area contributed by atoms with Gasteiger partial charge in [-0.25, -0.2) is 0 Å². The molecule has 2 atom stereocenters. The highest BCUT2D eigenvalue weighted by atomic mass is 35.5. The summed E-state index contributed by atoms with van der Waals surface area (Å²) in [5.74, 6) is -0.00928. The van der Waals surface area contributed by atoms with E-state index in [1.807, 2.05) is 18.2 Å². The smallest absolute Gasteiger partial charge is 0.248 e. The number of rotatable bonds is 4. The first kappa shape index (κ1) is 17.5. The summed E-state index contributed by atoms with van der Waals surface area (Å²) in [6.07, 6.45) is 0. The van der Waals surface area contributed by atoms with Gasteiger partial charge in [0.1, 0.15) is 0 Å². The van der Waals surface area contributed by atoms with Crippen LogP contribution in [0.3, 0.4) is 0 Å². The van der Waals surface area contributed by atoms with Gasteiger partial charge in [-0.05, 0) is 23.3 Å². The molecule has 1 amide bonds. The molecule has 0 radical (unpaired) electrons. The van der Waals surface area contributed by atoms with E-state index in [0.717, 1.165) is 19.6 Å². The minimum absolute atomic E-state index is 0. The molecule has 0 saturated carbocycles. The number of amides is 1. The van der Waals surface area contributed by atoms with Crippen LogP contribution in [0.2, 0.25) is 0 Å². The lowest BCUT2D eigenvalue weighted by Gasteiger charge is -2.16. The highest BCUT2D eigenvalue weighted by Crippen LogP contribution is 2.27. The first-order valence-electron chi connectivity index (χ1n) is 7.55. The molecule has 2 aromatic carbocycles. The molecule has 1 heterocycles. The Labute approximate surface area is 142 Å². The van der Waals surface area contributed by atoms with Gasteiger partial charge >= 0.3 is 0 Å². The van der Waals surface area contributed by atoms with E-state index in [4.69, 9.17) is 11.5 Å². The van der Waals surface area contributed by atoms with Gasteiger partial charge in [-0.2, -0.15) is 0 Å². The third-order valence-corrected chi connectivity index (χ3v) is 4.31. The maximum atomic E-state index is 11.1. The number of nitrogens with two attached hydrogens (primary N) is 2. The van der Waals surface area contributed by atoms with Gasteiger partial charge in [0.2, 0.25) is 5.91 Å². The van der Waals surface area contributed by atoms with E-state index >= 15 is 0 Å². The van der Waals surface area contributed by atoms with Crippen LogP contribution in [-0.4, -0.2) is 29.9 Å². The van der Waals surface area contributed by atoms with Crippen LogP contribution in [0.5, 0.6) is 0 Å². The van der Waals surface area contributed by atoms with Gasteiger partial charge in [0, 0.05) is 37.2 Å². The predicted octanol–water partition coefficient (Wildman–Crippen LogP) is 2.13. The number of carbonyl (C=O) groups excluding carboxylic acids is 1. The van der Waals surface area contributed by atoms with Crippen molar-refractivity contribution < 1.29 is 4.79 Å². The predicted molar refractivity (Wildman–Crippen MR) is 94.6 cm³/mol. The molecule has 0 aromatic heterocycles. The first-order valence-corrected chi connectivity index (χ1v) is 7.55. The second-order valence-electron chi connectivity index (χ2n) is 5.94. The average Bonchev–Trinajstić information content (AvgIpc) is 2.89. The van der Waals surface area contributed by atoms with Crippen molar-refractivity contribution in [3.63, 3.8) is 0 Å². The second-order valence-corrected chi connectivity index (χ2v) is 5.94. The maximum absolute atomic E-state index is 11.1. The minimum Gasteiger partial charge on any atom is -0.366 e. The Bertz CT molecular complexity index is 645. The largest absolute Gasteiger partial charge is 0.366 e. The number of primary amides is 1. The molecule has 1 saturated heterocycles. The van der Waals surface area contributed by atoms with Crippen molar-refractivity contribution in [3.05, 3.63) is 71.3 Å². The van der Waals surface area contributed by atoms with E-state index in [1.165, 1.54) is 11.1 Å². The Morgan fingerprint density at radius 2 is 1.70 bits per heavy atom. The molecule has 3 rings (SSSR count). The fourth-order valence-electron chi connectivity index (χ4n) is 3.13. The Hall–Kier alpha value is -1.88. The van der Waals surface area contributed by atoms with Gasteiger partial charge in [-0.3, -0.25) is 9.69 Å². The maximum Gasteiger partial charge on any atom is 0.248 e. The van der Waals surface area contributed by atoms with Gasteiger partial charge in [-0.15, -0.1) is 12.4 Å². The summed E-state index contributed by atoms with van der Waals surface area (Å²) >= 11 is 0. The minimum atomic E-state index is -0.390. The summed E-state index contributed by atoms with van der Waals surface area (Å²) in [7, 11) is 0. The van der Waals surface area contributed by atoms with Crippen LogP contribution in [-0.2, 0) is 6.54 Å². The van der Waals surface area contributed by atoms with Crippen molar-refractivity contribution in [2.45, 2.75) is 18.5 Å². The quantitative estimate of drug-likeness (QED) is 0.901. The molecule has 0 aliphatic carbocycles. The zero-order valence-corrected chi connectivity index (χ0v) is 13.7.